The first-order chi connectivity index (χ1) is 15.8. The van der Waals surface area contributed by atoms with Crippen molar-refractivity contribution < 1.29 is 14.2 Å². The van der Waals surface area contributed by atoms with Gasteiger partial charge in [0.15, 0.2) is 6.29 Å². The van der Waals surface area contributed by atoms with Gasteiger partial charge in [-0.05, 0) is 43.2 Å². The standard InChI is InChI=1S/C29H48O3/c1-3-5-6-7-8-11-24-13-15-25(16-14-24)12-9-21-30-28-19-17-27(18-20-28)29-31-22-26(10-4-2)23-32-29/h17-20,24-26,29H,3-16,21-23H2,1-2H3. The van der Waals surface area contributed by atoms with Crippen molar-refractivity contribution in [2.45, 2.75) is 110 Å². The van der Waals surface area contributed by atoms with E-state index in [4.69, 9.17) is 14.2 Å². The van der Waals surface area contributed by atoms with E-state index in [1.54, 1.807) is 0 Å². The van der Waals surface area contributed by atoms with Crippen LogP contribution in [0.15, 0.2) is 24.3 Å². The van der Waals surface area contributed by atoms with Crippen LogP contribution in [0.2, 0.25) is 0 Å². The lowest BCUT2D eigenvalue weighted by Gasteiger charge is -2.29. The Morgan fingerprint density at radius 2 is 1.31 bits per heavy atom. The van der Waals surface area contributed by atoms with E-state index in [1.807, 2.05) is 0 Å². The molecule has 1 aliphatic heterocycles. The van der Waals surface area contributed by atoms with Gasteiger partial charge in [-0.15, -0.1) is 0 Å². The maximum atomic E-state index is 6.01. The SMILES string of the molecule is CCCCCCCC1CCC(CCCOc2ccc(C3OCC(CCC)CO3)cc2)CC1. The summed E-state index contributed by atoms with van der Waals surface area (Å²) < 4.78 is 17.8. The fourth-order valence-electron chi connectivity index (χ4n) is 5.44. The van der Waals surface area contributed by atoms with Crippen LogP contribution in [-0.2, 0) is 9.47 Å². The molecule has 0 amide bonds. The summed E-state index contributed by atoms with van der Waals surface area (Å²) in [7, 11) is 0. The maximum absolute atomic E-state index is 6.01. The first kappa shape index (κ1) is 25.6. The highest BCUT2D eigenvalue weighted by molar-refractivity contribution is 5.28. The van der Waals surface area contributed by atoms with Gasteiger partial charge in [-0.25, -0.2) is 0 Å². The van der Waals surface area contributed by atoms with E-state index in [9.17, 15) is 0 Å². The fourth-order valence-corrected chi connectivity index (χ4v) is 5.44. The number of rotatable bonds is 14. The van der Waals surface area contributed by atoms with Gasteiger partial charge in [-0.1, -0.05) is 96.6 Å². The predicted octanol–water partition coefficient (Wildman–Crippen LogP) is 8.47. The summed E-state index contributed by atoms with van der Waals surface area (Å²) in [6, 6.07) is 8.30. The lowest BCUT2D eigenvalue weighted by atomic mass is 9.78. The average molecular weight is 445 g/mol. The summed E-state index contributed by atoms with van der Waals surface area (Å²) in [5, 5.41) is 0. The molecule has 2 aliphatic rings. The minimum Gasteiger partial charge on any atom is -0.494 e. The van der Waals surface area contributed by atoms with Gasteiger partial charge < -0.3 is 14.2 Å². The molecule has 0 N–H and O–H groups in total. The third-order valence-electron chi connectivity index (χ3n) is 7.52. The van der Waals surface area contributed by atoms with Crippen LogP contribution < -0.4 is 4.74 Å². The smallest absolute Gasteiger partial charge is 0.183 e. The van der Waals surface area contributed by atoms with E-state index in [0.29, 0.717) is 5.92 Å². The molecular formula is C29H48O3. The third kappa shape index (κ3) is 9.06. The normalized spacial score (nSPS) is 26.2. The van der Waals surface area contributed by atoms with E-state index in [0.717, 1.165) is 43.0 Å². The minimum absolute atomic E-state index is 0.219. The molecule has 1 saturated carbocycles. The summed E-state index contributed by atoms with van der Waals surface area (Å²) in [4.78, 5) is 0. The van der Waals surface area contributed by atoms with Crippen LogP contribution in [0, 0.1) is 17.8 Å². The molecule has 3 nitrogen and oxygen atoms in total. The van der Waals surface area contributed by atoms with Gasteiger partial charge in [-0.3, -0.25) is 0 Å². The Kier molecular flexibility index (Phi) is 12.0. The minimum atomic E-state index is -0.219. The highest BCUT2D eigenvalue weighted by Crippen LogP contribution is 2.34. The Bertz CT molecular complexity index is 583. The van der Waals surface area contributed by atoms with Gasteiger partial charge in [0.05, 0.1) is 19.8 Å². The van der Waals surface area contributed by atoms with Gasteiger partial charge >= 0.3 is 0 Å². The van der Waals surface area contributed by atoms with E-state index in [2.05, 4.69) is 38.1 Å². The number of hydrogen-bond acceptors (Lipinski definition) is 3. The summed E-state index contributed by atoms with van der Waals surface area (Å²) in [6.45, 7) is 6.95. The fraction of sp³-hybridized carbons (Fsp3) is 0.793. The first-order valence-electron chi connectivity index (χ1n) is 13.7. The monoisotopic (exact) mass is 444 g/mol. The van der Waals surface area contributed by atoms with Crippen LogP contribution >= 0.6 is 0 Å². The van der Waals surface area contributed by atoms with Crippen LogP contribution in [0.3, 0.4) is 0 Å². The van der Waals surface area contributed by atoms with Crippen molar-refractivity contribution in [2.24, 2.45) is 17.8 Å². The van der Waals surface area contributed by atoms with E-state index < -0.39 is 0 Å². The third-order valence-corrected chi connectivity index (χ3v) is 7.52. The molecule has 0 spiro atoms. The number of hydrogen-bond donors (Lipinski definition) is 0. The number of unbranched alkanes of at least 4 members (excludes halogenated alkanes) is 4. The van der Waals surface area contributed by atoms with Crippen molar-refractivity contribution in [1.29, 1.82) is 0 Å². The van der Waals surface area contributed by atoms with Crippen LogP contribution in [0.25, 0.3) is 0 Å². The Labute approximate surface area is 197 Å². The highest BCUT2D eigenvalue weighted by Gasteiger charge is 2.23. The summed E-state index contributed by atoms with van der Waals surface area (Å²) >= 11 is 0. The average Bonchev–Trinajstić information content (AvgIpc) is 2.84. The molecule has 1 saturated heterocycles. The van der Waals surface area contributed by atoms with Gasteiger partial charge in [0.1, 0.15) is 5.75 Å². The summed E-state index contributed by atoms with van der Waals surface area (Å²) in [5.41, 5.74) is 1.09. The molecule has 182 valence electrons. The zero-order chi connectivity index (χ0) is 22.4. The second-order valence-electron chi connectivity index (χ2n) is 10.3. The Morgan fingerprint density at radius 3 is 1.94 bits per heavy atom. The van der Waals surface area contributed by atoms with E-state index in [1.165, 1.54) is 89.9 Å². The zero-order valence-corrected chi connectivity index (χ0v) is 20.9. The molecule has 3 heteroatoms. The molecular weight excluding hydrogens is 396 g/mol. The molecule has 1 heterocycles. The second-order valence-corrected chi connectivity index (χ2v) is 10.3. The van der Waals surface area contributed by atoms with Gasteiger partial charge in [0.25, 0.3) is 0 Å². The van der Waals surface area contributed by atoms with Gasteiger partial charge in [0, 0.05) is 11.5 Å². The predicted molar refractivity (Wildman–Crippen MR) is 133 cm³/mol. The zero-order valence-electron chi connectivity index (χ0n) is 20.9. The molecule has 0 bridgehead atoms. The molecule has 0 aromatic heterocycles. The van der Waals surface area contributed by atoms with Crippen molar-refractivity contribution in [1.82, 2.24) is 0 Å². The molecule has 0 radical (unpaired) electrons. The lowest BCUT2D eigenvalue weighted by molar-refractivity contribution is -0.206. The molecule has 1 aromatic carbocycles. The van der Waals surface area contributed by atoms with Crippen LogP contribution in [0.5, 0.6) is 5.75 Å². The topological polar surface area (TPSA) is 27.7 Å². The summed E-state index contributed by atoms with van der Waals surface area (Å²) in [6.07, 6.45) is 19.0. The van der Waals surface area contributed by atoms with Crippen molar-refractivity contribution in [3.8, 4) is 5.75 Å². The number of ether oxygens (including phenoxy) is 3. The van der Waals surface area contributed by atoms with Crippen molar-refractivity contribution >= 4 is 0 Å². The molecule has 0 unspecified atom stereocenters. The largest absolute Gasteiger partial charge is 0.494 e. The first-order valence-corrected chi connectivity index (χ1v) is 13.7. The highest BCUT2D eigenvalue weighted by atomic mass is 16.7. The molecule has 1 aromatic rings. The molecule has 32 heavy (non-hydrogen) atoms. The van der Waals surface area contributed by atoms with E-state index >= 15 is 0 Å². The molecule has 2 fully saturated rings. The number of benzene rings is 1. The Balaban J connectivity index is 1.24. The van der Waals surface area contributed by atoms with Crippen molar-refractivity contribution in [3.05, 3.63) is 29.8 Å². The summed E-state index contributed by atoms with van der Waals surface area (Å²) in [5.74, 6) is 3.44. The van der Waals surface area contributed by atoms with Gasteiger partial charge in [0.2, 0.25) is 0 Å². The van der Waals surface area contributed by atoms with E-state index in [-0.39, 0.29) is 6.29 Å². The Hall–Kier alpha value is -1.06. The van der Waals surface area contributed by atoms with Crippen molar-refractivity contribution in [2.75, 3.05) is 19.8 Å². The van der Waals surface area contributed by atoms with Gasteiger partial charge in [-0.2, -0.15) is 0 Å². The quantitative estimate of drug-likeness (QED) is 0.269. The molecule has 0 atom stereocenters. The Morgan fingerprint density at radius 1 is 0.688 bits per heavy atom. The van der Waals surface area contributed by atoms with Crippen LogP contribution in [0.1, 0.15) is 116 Å². The lowest BCUT2D eigenvalue weighted by Crippen LogP contribution is -2.26. The molecule has 3 rings (SSSR count). The maximum Gasteiger partial charge on any atom is 0.183 e. The van der Waals surface area contributed by atoms with Crippen LogP contribution in [-0.4, -0.2) is 19.8 Å². The van der Waals surface area contributed by atoms with Crippen molar-refractivity contribution in [3.63, 3.8) is 0 Å². The van der Waals surface area contributed by atoms with Crippen LogP contribution in [0.4, 0.5) is 0 Å². The molecule has 1 aliphatic carbocycles. The second kappa shape index (κ2) is 15.0.